The molecule has 0 saturated carbocycles. The van der Waals surface area contributed by atoms with E-state index >= 15 is 0 Å². The molecule has 1 aliphatic rings. The van der Waals surface area contributed by atoms with E-state index in [9.17, 15) is 4.79 Å². The third-order valence-corrected chi connectivity index (χ3v) is 3.36. The Morgan fingerprint density at radius 2 is 2.33 bits per heavy atom. The number of hydrogen-bond acceptors (Lipinski definition) is 2. The fourth-order valence-corrected chi connectivity index (χ4v) is 2.09. The Morgan fingerprint density at radius 3 is 3.00 bits per heavy atom. The molecule has 0 aromatic rings. The van der Waals surface area contributed by atoms with Crippen LogP contribution in [0, 0.1) is 0 Å². The molecule has 1 aliphatic heterocycles. The van der Waals surface area contributed by atoms with E-state index in [0.717, 1.165) is 36.8 Å². The van der Waals surface area contributed by atoms with Gasteiger partial charge in [-0.05, 0) is 32.1 Å². The number of hydrogen-bond donors (Lipinski definition) is 1. The maximum Gasteiger partial charge on any atom is 0.220 e. The molecule has 0 aliphatic carbocycles. The minimum absolute atomic E-state index is 0.175. The van der Waals surface area contributed by atoms with Gasteiger partial charge in [-0.25, -0.2) is 0 Å². The molecule has 1 amide bonds. The lowest BCUT2D eigenvalue weighted by molar-refractivity contribution is -0.122. The summed E-state index contributed by atoms with van der Waals surface area (Å²) in [4.78, 5) is 11.4. The van der Waals surface area contributed by atoms with Crippen LogP contribution < -0.4 is 5.32 Å². The maximum absolute atomic E-state index is 11.4. The van der Waals surface area contributed by atoms with E-state index in [1.807, 2.05) is 0 Å². The van der Waals surface area contributed by atoms with Gasteiger partial charge < -0.3 is 10.1 Å². The van der Waals surface area contributed by atoms with Gasteiger partial charge in [0, 0.05) is 24.0 Å². The van der Waals surface area contributed by atoms with Crippen molar-refractivity contribution in [1.29, 1.82) is 0 Å². The molecule has 1 fully saturated rings. The molecule has 1 saturated heterocycles. The van der Waals surface area contributed by atoms with Crippen molar-refractivity contribution in [2.24, 2.45) is 0 Å². The number of ether oxygens (including phenoxy) is 1. The Morgan fingerprint density at radius 1 is 1.47 bits per heavy atom. The quantitative estimate of drug-likeness (QED) is 0.462. The van der Waals surface area contributed by atoms with Crippen LogP contribution in [0.2, 0.25) is 0 Å². The summed E-state index contributed by atoms with van der Waals surface area (Å²) in [5.74, 6) is 0.175. The SMILES string of the molecule is O=C(CCC1CCCCO1)NCCCI. The van der Waals surface area contributed by atoms with E-state index in [1.54, 1.807) is 0 Å². The van der Waals surface area contributed by atoms with E-state index in [-0.39, 0.29) is 5.91 Å². The molecule has 3 nitrogen and oxygen atoms in total. The molecule has 1 atom stereocenters. The van der Waals surface area contributed by atoms with Gasteiger partial charge >= 0.3 is 0 Å². The number of halogens is 1. The molecule has 0 radical (unpaired) electrons. The molecular weight excluding hydrogens is 305 g/mol. The molecule has 88 valence electrons. The topological polar surface area (TPSA) is 38.3 Å². The standard InChI is InChI=1S/C11H20INO2/c12-7-3-8-13-11(14)6-5-10-4-1-2-9-15-10/h10H,1-9H2,(H,13,14). The van der Waals surface area contributed by atoms with Crippen LogP contribution in [-0.4, -0.2) is 29.6 Å². The van der Waals surface area contributed by atoms with Crippen LogP contribution in [0.5, 0.6) is 0 Å². The molecular formula is C11H20INO2. The fraction of sp³-hybridized carbons (Fsp3) is 0.909. The lowest BCUT2D eigenvalue weighted by Crippen LogP contribution is -2.27. The van der Waals surface area contributed by atoms with Crippen LogP contribution in [0.4, 0.5) is 0 Å². The second-order valence-corrected chi connectivity index (χ2v) is 5.00. The number of amides is 1. The van der Waals surface area contributed by atoms with E-state index in [4.69, 9.17) is 4.74 Å². The summed E-state index contributed by atoms with van der Waals surface area (Å²) in [6.45, 7) is 1.69. The number of carbonyl (C=O) groups is 1. The number of alkyl halides is 1. The van der Waals surface area contributed by atoms with Crippen molar-refractivity contribution in [3.8, 4) is 0 Å². The minimum Gasteiger partial charge on any atom is -0.378 e. The molecule has 0 aromatic carbocycles. The van der Waals surface area contributed by atoms with Gasteiger partial charge in [-0.3, -0.25) is 4.79 Å². The Labute approximate surface area is 105 Å². The number of nitrogens with one attached hydrogen (secondary N) is 1. The van der Waals surface area contributed by atoms with Gasteiger partial charge in [0.15, 0.2) is 0 Å². The summed E-state index contributed by atoms with van der Waals surface area (Å²) < 4.78 is 6.67. The van der Waals surface area contributed by atoms with Gasteiger partial charge in [-0.15, -0.1) is 0 Å². The molecule has 4 heteroatoms. The van der Waals surface area contributed by atoms with Gasteiger partial charge in [-0.2, -0.15) is 0 Å². The van der Waals surface area contributed by atoms with Crippen LogP contribution in [0.25, 0.3) is 0 Å². The van der Waals surface area contributed by atoms with E-state index in [1.165, 1.54) is 12.8 Å². The van der Waals surface area contributed by atoms with Crippen molar-refractivity contribution in [3.63, 3.8) is 0 Å². The van der Waals surface area contributed by atoms with Gasteiger partial charge in [0.2, 0.25) is 5.91 Å². The Bertz CT molecular complexity index is 181. The van der Waals surface area contributed by atoms with Crippen molar-refractivity contribution >= 4 is 28.5 Å². The molecule has 1 N–H and O–H groups in total. The summed E-state index contributed by atoms with van der Waals surface area (Å²) in [6, 6.07) is 0. The minimum atomic E-state index is 0.175. The first-order chi connectivity index (χ1) is 7.33. The van der Waals surface area contributed by atoms with E-state index in [0.29, 0.717) is 12.5 Å². The molecule has 1 unspecified atom stereocenters. The molecule has 0 bridgehead atoms. The molecule has 0 aromatic heterocycles. The third kappa shape index (κ3) is 6.35. The molecule has 1 rings (SSSR count). The van der Waals surface area contributed by atoms with Crippen molar-refractivity contribution in [2.45, 2.75) is 44.6 Å². The van der Waals surface area contributed by atoms with Crippen molar-refractivity contribution in [1.82, 2.24) is 5.32 Å². The molecule has 0 spiro atoms. The highest BCUT2D eigenvalue weighted by atomic mass is 127. The summed E-state index contributed by atoms with van der Waals surface area (Å²) in [5, 5.41) is 2.92. The highest BCUT2D eigenvalue weighted by Crippen LogP contribution is 2.16. The zero-order valence-electron chi connectivity index (χ0n) is 9.14. The summed E-state index contributed by atoms with van der Waals surface area (Å²) in [5.41, 5.74) is 0. The van der Waals surface area contributed by atoms with Gasteiger partial charge in [0.05, 0.1) is 6.10 Å². The average molecular weight is 325 g/mol. The fourth-order valence-electron chi connectivity index (χ4n) is 1.71. The van der Waals surface area contributed by atoms with Crippen molar-refractivity contribution in [3.05, 3.63) is 0 Å². The van der Waals surface area contributed by atoms with Crippen molar-refractivity contribution < 1.29 is 9.53 Å². The van der Waals surface area contributed by atoms with Crippen LogP contribution in [0.1, 0.15) is 38.5 Å². The Hall–Kier alpha value is 0.160. The highest BCUT2D eigenvalue weighted by Gasteiger charge is 2.14. The largest absolute Gasteiger partial charge is 0.378 e. The first-order valence-electron chi connectivity index (χ1n) is 5.77. The normalized spacial score (nSPS) is 21.3. The van der Waals surface area contributed by atoms with Crippen molar-refractivity contribution in [2.75, 3.05) is 17.6 Å². The Kier molecular flexibility index (Phi) is 7.34. The smallest absolute Gasteiger partial charge is 0.220 e. The lowest BCUT2D eigenvalue weighted by atomic mass is 10.0. The van der Waals surface area contributed by atoms with Crippen LogP contribution in [0.3, 0.4) is 0 Å². The zero-order chi connectivity index (χ0) is 10.9. The van der Waals surface area contributed by atoms with Crippen LogP contribution in [-0.2, 0) is 9.53 Å². The Balaban J connectivity index is 2.00. The third-order valence-electron chi connectivity index (χ3n) is 2.60. The monoisotopic (exact) mass is 325 g/mol. The van der Waals surface area contributed by atoms with E-state index < -0.39 is 0 Å². The summed E-state index contributed by atoms with van der Waals surface area (Å²) in [7, 11) is 0. The van der Waals surface area contributed by atoms with Crippen LogP contribution >= 0.6 is 22.6 Å². The predicted octanol–water partition coefficient (Wildman–Crippen LogP) is 2.28. The predicted molar refractivity (Wildman–Crippen MR) is 69.3 cm³/mol. The number of rotatable bonds is 6. The lowest BCUT2D eigenvalue weighted by Gasteiger charge is -2.22. The average Bonchev–Trinajstić information content (AvgIpc) is 2.28. The van der Waals surface area contributed by atoms with Gasteiger partial charge in [0.1, 0.15) is 0 Å². The van der Waals surface area contributed by atoms with Crippen LogP contribution in [0.15, 0.2) is 0 Å². The van der Waals surface area contributed by atoms with Gasteiger partial charge in [-0.1, -0.05) is 22.6 Å². The molecule has 1 heterocycles. The zero-order valence-corrected chi connectivity index (χ0v) is 11.3. The summed E-state index contributed by atoms with van der Waals surface area (Å²) in [6.07, 6.45) is 6.45. The highest BCUT2D eigenvalue weighted by molar-refractivity contribution is 14.1. The first-order valence-corrected chi connectivity index (χ1v) is 7.29. The maximum atomic E-state index is 11.4. The van der Waals surface area contributed by atoms with Gasteiger partial charge in [0.25, 0.3) is 0 Å². The second-order valence-electron chi connectivity index (χ2n) is 3.92. The first kappa shape index (κ1) is 13.2. The number of carbonyl (C=O) groups excluding carboxylic acids is 1. The second kappa shape index (κ2) is 8.33. The molecule has 15 heavy (non-hydrogen) atoms. The van der Waals surface area contributed by atoms with E-state index in [2.05, 4.69) is 27.9 Å². The summed E-state index contributed by atoms with van der Waals surface area (Å²) >= 11 is 2.32.